The second-order valence-corrected chi connectivity index (χ2v) is 12.6. The van der Waals surface area contributed by atoms with Gasteiger partial charge >= 0.3 is 5.69 Å². The van der Waals surface area contributed by atoms with Crippen molar-refractivity contribution in [1.82, 2.24) is 19.4 Å². The number of likely N-dealkylation sites (tertiary alicyclic amines) is 1. The van der Waals surface area contributed by atoms with Gasteiger partial charge in [-0.3, -0.25) is 9.47 Å². The van der Waals surface area contributed by atoms with Crippen LogP contribution in [0.3, 0.4) is 0 Å². The van der Waals surface area contributed by atoms with E-state index in [1.807, 2.05) is 6.08 Å². The number of ether oxygens (including phenoxy) is 1. The lowest BCUT2D eigenvalue weighted by Crippen LogP contribution is -2.57. The molecule has 0 saturated carbocycles. The topological polar surface area (TPSA) is 53.8 Å². The van der Waals surface area contributed by atoms with Crippen molar-refractivity contribution >= 4 is 28.3 Å². The number of anilines is 1. The Bertz CT molecular complexity index is 1570. The summed E-state index contributed by atoms with van der Waals surface area (Å²) in [5.74, 6) is -0.0642. The Kier molecular flexibility index (Phi) is 8.02. The van der Waals surface area contributed by atoms with E-state index in [2.05, 4.69) is 42.2 Å². The molecule has 0 N–H and O–H groups in total. The van der Waals surface area contributed by atoms with Gasteiger partial charge in [-0.25, -0.2) is 13.6 Å². The smallest absolute Gasteiger partial charge is 0.350 e. The summed E-state index contributed by atoms with van der Waals surface area (Å²) in [5, 5.41) is 0.959. The fraction of sp³-hybridized carbons (Fsp3) is 0.500. The number of piperidine rings is 1. The molecule has 2 aromatic carbocycles. The van der Waals surface area contributed by atoms with Crippen LogP contribution >= 0.6 is 11.6 Å². The first-order valence-electron chi connectivity index (χ1n) is 14.8. The van der Waals surface area contributed by atoms with Gasteiger partial charge in [-0.15, -0.1) is 6.58 Å². The van der Waals surface area contributed by atoms with E-state index in [1.165, 1.54) is 12.1 Å². The lowest BCUT2D eigenvalue weighted by Gasteiger charge is -2.45. The summed E-state index contributed by atoms with van der Waals surface area (Å²) in [6, 6.07) is 5.25. The van der Waals surface area contributed by atoms with Crippen molar-refractivity contribution in [3.8, 4) is 16.9 Å². The van der Waals surface area contributed by atoms with Crippen molar-refractivity contribution in [2.24, 2.45) is 5.92 Å². The molecule has 6 rings (SSSR count). The number of halogens is 3. The van der Waals surface area contributed by atoms with Crippen LogP contribution in [0.2, 0.25) is 5.02 Å². The van der Waals surface area contributed by atoms with Gasteiger partial charge < -0.3 is 14.5 Å². The Labute approximate surface area is 250 Å². The van der Waals surface area contributed by atoms with Crippen molar-refractivity contribution in [3.05, 3.63) is 64.1 Å². The van der Waals surface area contributed by atoms with Gasteiger partial charge in [0.05, 0.1) is 16.6 Å². The first kappa shape index (κ1) is 29.1. The zero-order valence-electron chi connectivity index (χ0n) is 24.5. The number of rotatable bonds is 6. The molecule has 0 radical (unpaired) electrons. The standard InChI is InChI=1S/C32H38ClF2N5O2/c1-5-10-38-16-20(3)39(17-19(38)2)31-25-15-26(33)28(24-7-6-22(34)14-27(24)35)30-29(25)40(32(41)36-31)23(18-42-30)13-21-8-11-37(4)12-9-21/h5-7,14-15,19-21,23H,1,8-13,16-18H2,2-4H3/t19-,20+,23-/m1/s1. The second-order valence-electron chi connectivity index (χ2n) is 12.2. The van der Waals surface area contributed by atoms with Gasteiger partial charge in [0, 0.05) is 54.3 Å². The average Bonchev–Trinajstić information content (AvgIpc) is 2.95. The van der Waals surface area contributed by atoms with E-state index in [4.69, 9.17) is 21.3 Å². The monoisotopic (exact) mass is 597 g/mol. The van der Waals surface area contributed by atoms with Gasteiger partial charge in [0.15, 0.2) is 5.75 Å². The summed E-state index contributed by atoms with van der Waals surface area (Å²) < 4.78 is 37.2. The number of nitrogens with zero attached hydrogens (tertiary/aromatic N) is 5. The summed E-state index contributed by atoms with van der Waals surface area (Å²) in [6.45, 7) is 12.7. The lowest BCUT2D eigenvalue weighted by atomic mass is 9.89. The minimum atomic E-state index is -0.742. The van der Waals surface area contributed by atoms with Crippen LogP contribution in [-0.2, 0) is 0 Å². The molecular formula is C32H38ClF2N5O2. The molecule has 42 heavy (non-hydrogen) atoms. The van der Waals surface area contributed by atoms with E-state index >= 15 is 4.39 Å². The van der Waals surface area contributed by atoms with Crippen molar-refractivity contribution in [3.63, 3.8) is 0 Å². The normalized spacial score (nSPS) is 23.8. The zero-order valence-corrected chi connectivity index (χ0v) is 25.2. The quantitative estimate of drug-likeness (QED) is 0.338. The van der Waals surface area contributed by atoms with Crippen LogP contribution in [0.1, 0.15) is 39.2 Å². The molecule has 0 spiro atoms. The molecule has 1 aromatic heterocycles. The molecule has 0 bridgehead atoms. The van der Waals surface area contributed by atoms with Gasteiger partial charge in [-0.1, -0.05) is 17.7 Å². The molecule has 0 aliphatic carbocycles. The van der Waals surface area contributed by atoms with E-state index in [1.54, 1.807) is 10.6 Å². The fourth-order valence-electron chi connectivity index (χ4n) is 6.99. The Morgan fingerprint density at radius 2 is 1.90 bits per heavy atom. The van der Waals surface area contributed by atoms with Gasteiger partial charge in [-0.2, -0.15) is 4.98 Å². The largest absolute Gasteiger partial charge is 0.488 e. The average molecular weight is 598 g/mol. The Morgan fingerprint density at radius 1 is 1.14 bits per heavy atom. The number of aromatic nitrogens is 2. The van der Waals surface area contributed by atoms with Gasteiger partial charge in [0.1, 0.15) is 24.1 Å². The van der Waals surface area contributed by atoms with E-state index in [0.717, 1.165) is 51.5 Å². The van der Waals surface area contributed by atoms with E-state index in [0.29, 0.717) is 40.5 Å². The Morgan fingerprint density at radius 3 is 2.62 bits per heavy atom. The van der Waals surface area contributed by atoms with Crippen LogP contribution in [0.25, 0.3) is 22.0 Å². The third-order valence-corrected chi connectivity index (χ3v) is 9.57. The predicted molar refractivity (Wildman–Crippen MR) is 164 cm³/mol. The summed E-state index contributed by atoms with van der Waals surface area (Å²) >= 11 is 6.90. The maximum atomic E-state index is 15.2. The van der Waals surface area contributed by atoms with Crippen LogP contribution in [0.4, 0.5) is 14.6 Å². The van der Waals surface area contributed by atoms with Crippen molar-refractivity contribution in [2.75, 3.05) is 51.3 Å². The number of piperazine rings is 1. The molecule has 4 heterocycles. The van der Waals surface area contributed by atoms with Gasteiger partial charge in [0.25, 0.3) is 0 Å². The van der Waals surface area contributed by atoms with Crippen molar-refractivity contribution < 1.29 is 13.5 Å². The third-order valence-electron chi connectivity index (χ3n) is 9.28. The van der Waals surface area contributed by atoms with E-state index < -0.39 is 11.6 Å². The summed E-state index contributed by atoms with van der Waals surface area (Å²) in [5.41, 5.74) is 0.679. The van der Waals surface area contributed by atoms with Crippen molar-refractivity contribution in [1.29, 1.82) is 0 Å². The maximum Gasteiger partial charge on any atom is 0.350 e. The van der Waals surface area contributed by atoms with Gasteiger partial charge in [-0.05, 0) is 77.4 Å². The minimum Gasteiger partial charge on any atom is -0.488 e. The van der Waals surface area contributed by atoms with Crippen LogP contribution in [0.15, 0.2) is 41.7 Å². The molecule has 3 aliphatic heterocycles. The van der Waals surface area contributed by atoms with Crippen LogP contribution in [-0.4, -0.2) is 77.8 Å². The highest BCUT2D eigenvalue weighted by molar-refractivity contribution is 6.35. The molecule has 3 aliphatic rings. The van der Waals surface area contributed by atoms with E-state index in [9.17, 15) is 9.18 Å². The molecule has 7 nitrogen and oxygen atoms in total. The Hall–Kier alpha value is -3.01. The number of benzene rings is 2. The van der Waals surface area contributed by atoms with Crippen LogP contribution < -0.4 is 15.3 Å². The summed E-state index contributed by atoms with van der Waals surface area (Å²) in [4.78, 5) is 25.6. The summed E-state index contributed by atoms with van der Waals surface area (Å²) in [7, 11) is 2.13. The molecule has 2 saturated heterocycles. The van der Waals surface area contributed by atoms with Gasteiger partial charge in [0.2, 0.25) is 0 Å². The third kappa shape index (κ3) is 5.20. The van der Waals surface area contributed by atoms with Crippen LogP contribution in [0, 0.1) is 17.6 Å². The molecule has 10 heteroatoms. The zero-order chi connectivity index (χ0) is 29.7. The minimum absolute atomic E-state index is 0.0717. The molecule has 0 unspecified atom stereocenters. The second kappa shape index (κ2) is 11.6. The molecule has 2 fully saturated rings. The first-order chi connectivity index (χ1) is 20.2. The van der Waals surface area contributed by atoms with Crippen LogP contribution in [0.5, 0.6) is 5.75 Å². The molecular weight excluding hydrogens is 560 g/mol. The molecule has 3 atom stereocenters. The number of hydrogen-bond acceptors (Lipinski definition) is 6. The van der Waals surface area contributed by atoms with E-state index in [-0.39, 0.29) is 41.0 Å². The molecule has 3 aromatic rings. The SMILES string of the molecule is C=CCN1C[C@H](C)N(c2nc(=O)n3c4c(c(-c5ccc(F)cc5F)c(Cl)cc24)OC[C@H]3CC2CCN(C)CC2)C[C@H]1C. The lowest BCUT2D eigenvalue weighted by molar-refractivity contribution is 0.162. The maximum absolute atomic E-state index is 15.2. The predicted octanol–water partition coefficient (Wildman–Crippen LogP) is 5.75. The highest BCUT2D eigenvalue weighted by Gasteiger charge is 2.36. The Balaban J connectivity index is 1.53. The molecule has 0 amide bonds. The van der Waals surface area contributed by atoms with Crippen molar-refractivity contribution in [2.45, 2.75) is 51.2 Å². The summed E-state index contributed by atoms with van der Waals surface area (Å²) in [6.07, 6.45) is 4.81. The fourth-order valence-corrected chi connectivity index (χ4v) is 7.29. The molecule has 224 valence electrons. The highest BCUT2D eigenvalue weighted by atomic mass is 35.5. The number of hydrogen-bond donors (Lipinski definition) is 0. The first-order valence-corrected chi connectivity index (χ1v) is 15.2. The highest BCUT2D eigenvalue weighted by Crippen LogP contribution is 2.48.